The average Bonchev–Trinajstić information content (AvgIpc) is 2.59. The summed E-state index contributed by atoms with van der Waals surface area (Å²) in [5.41, 5.74) is 1.97. The van der Waals surface area contributed by atoms with Crippen molar-refractivity contribution in [2.75, 3.05) is 25.0 Å². The number of rotatable bonds is 3. The lowest BCUT2D eigenvalue weighted by Crippen LogP contribution is -2.29. The van der Waals surface area contributed by atoms with Crippen LogP contribution < -0.4 is 4.90 Å². The second-order valence-electron chi connectivity index (χ2n) is 4.58. The van der Waals surface area contributed by atoms with Gasteiger partial charge in [-0.3, -0.25) is 4.90 Å². The van der Waals surface area contributed by atoms with E-state index in [4.69, 9.17) is 0 Å². The lowest BCUT2D eigenvalue weighted by atomic mass is 10.1. The van der Waals surface area contributed by atoms with Crippen LogP contribution >= 0.6 is 0 Å². The maximum absolute atomic E-state index is 11.8. The number of nitrogens with zero attached hydrogens (tertiary/aromatic N) is 2. The number of carbonyl (C=O) groups excluding carboxylic acids is 1. The number of hydrogen-bond donors (Lipinski definition) is 1. The molecule has 0 spiro atoms. The fourth-order valence-electron chi connectivity index (χ4n) is 2.08. The van der Waals surface area contributed by atoms with Crippen molar-refractivity contribution in [2.24, 2.45) is 0 Å². The number of aliphatic hydroxyl groups excluding tert-OH is 1. The number of hydrogen-bond acceptors (Lipinski definition) is 2. The van der Waals surface area contributed by atoms with Gasteiger partial charge in [0.2, 0.25) is 0 Å². The first kappa shape index (κ1) is 11.9. The zero-order chi connectivity index (χ0) is 12.4. The van der Waals surface area contributed by atoms with Gasteiger partial charge in [0.1, 0.15) is 0 Å². The molecule has 1 atom stereocenters. The number of aliphatic hydroxyl groups is 1. The van der Waals surface area contributed by atoms with Crippen molar-refractivity contribution in [2.45, 2.75) is 19.4 Å². The third kappa shape index (κ3) is 2.58. The fraction of sp³-hybridized carbons (Fsp3) is 0.462. The molecule has 4 heteroatoms. The minimum absolute atomic E-state index is 0.0409. The number of carbonyl (C=O) groups is 1. The van der Waals surface area contributed by atoms with E-state index in [0.717, 1.165) is 24.3 Å². The molecule has 0 aliphatic carbocycles. The van der Waals surface area contributed by atoms with Gasteiger partial charge in [0.05, 0.1) is 6.10 Å². The van der Waals surface area contributed by atoms with Crippen LogP contribution in [0.3, 0.4) is 0 Å². The van der Waals surface area contributed by atoms with Gasteiger partial charge in [0, 0.05) is 25.8 Å². The van der Waals surface area contributed by atoms with Crippen molar-refractivity contribution >= 4 is 11.7 Å². The van der Waals surface area contributed by atoms with Crippen LogP contribution in [-0.4, -0.2) is 42.3 Å². The first-order valence-corrected chi connectivity index (χ1v) is 5.87. The van der Waals surface area contributed by atoms with E-state index in [1.54, 1.807) is 16.7 Å². The standard InChI is InChI=1S/C13H18N2O2/c1-10(16)8-11-4-3-5-12(9-11)15-7-6-14(2)13(15)17/h3-5,9-10,16H,6-8H2,1-2H3. The molecule has 1 aromatic rings. The maximum atomic E-state index is 11.8. The summed E-state index contributed by atoms with van der Waals surface area (Å²) in [5, 5.41) is 9.37. The van der Waals surface area contributed by atoms with E-state index in [2.05, 4.69) is 0 Å². The van der Waals surface area contributed by atoms with Gasteiger partial charge in [-0.2, -0.15) is 0 Å². The predicted octanol–water partition coefficient (Wildman–Crippen LogP) is 1.48. The highest BCUT2D eigenvalue weighted by molar-refractivity contribution is 5.93. The lowest BCUT2D eigenvalue weighted by Gasteiger charge is -2.17. The highest BCUT2D eigenvalue weighted by Gasteiger charge is 2.26. The summed E-state index contributed by atoms with van der Waals surface area (Å²) in [7, 11) is 1.81. The molecule has 2 rings (SSSR count). The molecule has 92 valence electrons. The summed E-state index contributed by atoms with van der Waals surface area (Å²) < 4.78 is 0. The molecule has 0 bridgehead atoms. The molecule has 0 saturated carbocycles. The lowest BCUT2D eigenvalue weighted by molar-refractivity contribution is 0.195. The Hall–Kier alpha value is -1.55. The largest absolute Gasteiger partial charge is 0.393 e. The third-order valence-corrected chi connectivity index (χ3v) is 2.97. The molecule has 0 aromatic heterocycles. The number of benzene rings is 1. The van der Waals surface area contributed by atoms with Crippen LogP contribution in [0, 0.1) is 0 Å². The summed E-state index contributed by atoms with van der Waals surface area (Å²) in [5.74, 6) is 0. The Bertz CT molecular complexity index is 418. The van der Waals surface area contributed by atoms with Crippen LogP contribution in [0.1, 0.15) is 12.5 Å². The van der Waals surface area contributed by atoms with E-state index in [1.165, 1.54) is 0 Å². The Morgan fingerprint density at radius 1 is 1.41 bits per heavy atom. The van der Waals surface area contributed by atoms with Gasteiger partial charge in [0.15, 0.2) is 0 Å². The van der Waals surface area contributed by atoms with Crippen LogP contribution in [0.15, 0.2) is 24.3 Å². The molecule has 1 aliphatic heterocycles. The van der Waals surface area contributed by atoms with Crippen molar-refractivity contribution in [1.82, 2.24) is 4.90 Å². The van der Waals surface area contributed by atoms with Crippen LogP contribution in [0.4, 0.5) is 10.5 Å². The molecule has 1 saturated heterocycles. The van der Waals surface area contributed by atoms with E-state index in [9.17, 15) is 9.90 Å². The topological polar surface area (TPSA) is 43.8 Å². The number of urea groups is 1. The van der Waals surface area contributed by atoms with Crippen LogP contribution in [0.5, 0.6) is 0 Å². The number of amides is 2. The van der Waals surface area contributed by atoms with Crippen molar-refractivity contribution in [1.29, 1.82) is 0 Å². The first-order valence-electron chi connectivity index (χ1n) is 5.87. The summed E-state index contributed by atoms with van der Waals surface area (Å²) in [6.07, 6.45) is 0.258. The fourth-order valence-corrected chi connectivity index (χ4v) is 2.08. The van der Waals surface area contributed by atoms with Gasteiger partial charge in [-0.25, -0.2) is 4.79 Å². The SMILES string of the molecule is CC(O)Cc1cccc(N2CCN(C)C2=O)c1. The van der Waals surface area contributed by atoms with Crippen LogP contribution in [-0.2, 0) is 6.42 Å². The molecule has 1 unspecified atom stereocenters. The highest BCUT2D eigenvalue weighted by Crippen LogP contribution is 2.21. The molecular formula is C13H18N2O2. The number of anilines is 1. The van der Waals surface area contributed by atoms with E-state index in [1.807, 2.05) is 31.3 Å². The number of likely N-dealkylation sites (N-methyl/N-ethyl adjacent to an activating group) is 1. The molecule has 1 N–H and O–H groups in total. The minimum Gasteiger partial charge on any atom is -0.393 e. The van der Waals surface area contributed by atoms with Gasteiger partial charge in [0.25, 0.3) is 0 Å². The molecule has 1 heterocycles. The van der Waals surface area contributed by atoms with E-state index < -0.39 is 0 Å². The Morgan fingerprint density at radius 3 is 2.76 bits per heavy atom. The molecule has 1 aliphatic rings. The predicted molar refractivity (Wildman–Crippen MR) is 67.2 cm³/mol. The Balaban J connectivity index is 2.19. The second-order valence-corrected chi connectivity index (χ2v) is 4.58. The molecule has 2 amide bonds. The van der Waals surface area contributed by atoms with E-state index in [-0.39, 0.29) is 12.1 Å². The van der Waals surface area contributed by atoms with Crippen LogP contribution in [0.2, 0.25) is 0 Å². The van der Waals surface area contributed by atoms with Crippen molar-refractivity contribution < 1.29 is 9.90 Å². The summed E-state index contributed by atoms with van der Waals surface area (Å²) in [6, 6.07) is 7.85. The van der Waals surface area contributed by atoms with Crippen molar-refractivity contribution in [3.8, 4) is 0 Å². The van der Waals surface area contributed by atoms with Gasteiger partial charge >= 0.3 is 6.03 Å². The van der Waals surface area contributed by atoms with E-state index >= 15 is 0 Å². The molecule has 17 heavy (non-hydrogen) atoms. The Labute approximate surface area is 101 Å². The zero-order valence-corrected chi connectivity index (χ0v) is 10.3. The molecule has 1 aromatic carbocycles. The normalized spacial score (nSPS) is 17.7. The molecule has 4 nitrogen and oxygen atoms in total. The first-order chi connectivity index (χ1) is 8.08. The average molecular weight is 234 g/mol. The van der Waals surface area contributed by atoms with Gasteiger partial charge in [-0.05, 0) is 31.0 Å². The van der Waals surface area contributed by atoms with Crippen molar-refractivity contribution in [3.63, 3.8) is 0 Å². The maximum Gasteiger partial charge on any atom is 0.324 e. The smallest absolute Gasteiger partial charge is 0.324 e. The van der Waals surface area contributed by atoms with Gasteiger partial charge < -0.3 is 10.0 Å². The van der Waals surface area contributed by atoms with Gasteiger partial charge in [-0.15, -0.1) is 0 Å². The monoisotopic (exact) mass is 234 g/mol. The summed E-state index contributed by atoms with van der Waals surface area (Å²) in [6.45, 7) is 3.26. The zero-order valence-electron chi connectivity index (χ0n) is 10.3. The highest BCUT2D eigenvalue weighted by atomic mass is 16.3. The van der Waals surface area contributed by atoms with Crippen LogP contribution in [0.25, 0.3) is 0 Å². The minimum atomic E-state index is -0.359. The van der Waals surface area contributed by atoms with Gasteiger partial charge in [-0.1, -0.05) is 12.1 Å². The Kier molecular flexibility index (Phi) is 3.33. The third-order valence-electron chi connectivity index (χ3n) is 2.97. The quantitative estimate of drug-likeness (QED) is 0.861. The van der Waals surface area contributed by atoms with Crippen molar-refractivity contribution in [3.05, 3.63) is 29.8 Å². The molecular weight excluding hydrogens is 216 g/mol. The molecule has 0 radical (unpaired) electrons. The van der Waals surface area contributed by atoms with E-state index in [0.29, 0.717) is 6.42 Å². The second kappa shape index (κ2) is 4.75. The molecule has 1 fully saturated rings. The summed E-state index contributed by atoms with van der Waals surface area (Å²) >= 11 is 0. The Morgan fingerprint density at radius 2 is 2.18 bits per heavy atom. The summed E-state index contributed by atoms with van der Waals surface area (Å²) in [4.78, 5) is 15.3.